The fraction of sp³-hybridized carbons (Fsp3) is 0.400. The van der Waals surface area contributed by atoms with E-state index in [1.807, 2.05) is 30.3 Å². The van der Waals surface area contributed by atoms with Crippen LogP contribution in [0.2, 0.25) is 0 Å². The number of nitrogens with one attached hydrogen (secondary N) is 1. The van der Waals surface area contributed by atoms with Gasteiger partial charge in [0.25, 0.3) is 0 Å². The van der Waals surface area contributed by atoms with Gasteiger partial charge in [0.05, 0.1) is 13.2 Å². The molecule has 0 spiro atoms. The lowest BCUT2D eigenvalue weighted by Crippen LogP contribution is -2.26. The number of para-hydroxylation sites is 1. The first-order valence-electron chi connectivity index (χ1n) is 8.51. The van der Waals surface area contributed by atoms with Crippen LogP contribution in [-0.2, 0) is 17.9 Å². The summed E-state index contributed by atoms with van der Waals surface area (Å²) in [6.45, 7) is 3.02. The summed E-state index contributed by atoms with van der Waals surface area (Å²) in [5.74, 6) is 1.58. The Kier molecular flexibility index (Phi) is 6.10. The van der Waals surface area contributed by atoms with Gasteiger partial charge >= 0.3 is 0 Å². The van der Waals surface area contributed by atoms with Crippen LogP contribution in [0.5, 0.6) is 11.5 Å². The molecule has 1 atom stereocenters. The number of hydrogen-bond acceptors (Lipinski definition) is 4. The highest BCUT2D eigenvalue weighted by molar-refractivity contribution is 5.46. The van der Waals surface area contributed by atoms with Crippen molar-refractivity contribution in [3.8, 4) is 11.5 Å². The molecule has 4 nitrogen and oxygen atoms in total. The number of rotatable bonds is 8. The predicted molar refractivity (Wildman–Crippen MR) is 94.4 cm³/mol. The lowest BCUT2D eigenvalue weighted by Gasteiger charge is -2.16. The van der Waals surface area contributed by atoms with Gasteiger partial charge in [0.15, 0.2) is 11.5 Å². The molecule has 0 radical (unpaired) electrons. The molecule has 2 aromatic carbocycles. The minimum absolute atomic E-state index is 0.337. The number of ether oxygens (including phenoxy) is 3. The van der Waals surface area contributed by atoms with Crippen molar-refractivity contribution in [1.82, 2.24) is 5.32 Å². The zero-order valence-corrected chi connectivity index (χ0v) is 14.2. The van der Waals surface area contributed by atoms with Crippen molar-refractivity contribution in [3.05, 3.63) is 59.7 Å². The summed E-state index contributed by atoms with van der Waals surface area (Å²) in [5.41, 5.74) is 2.24. The highest BCUT2D eigenvalue weighted by Gasteiger charge is 2.16. The molecule has 0 aliphatic carbocycles. The molecular formula is C20H25NO3. The fourth-order valence-corrected chi connectivity index (χ4v) is 2.93. The lowest BCUT2D eigenvalue weighted by atomic mass is 10.1. The topological polar surface area (TPSA) is 39.7 Å². The van der Waals surface area contributed by atoms with Crippen molar-refractivity contribution < 1.29 is 14.2 Å². The Balaban J connectivity index is 1.63. The van der Waals surface area contributed by atoms with Gasteiger partial charge < -0.3 is 19.5 Å². The summed E-state index contributed by atoms with van der Waals surface area (Å²) in [6, 6.07) is 16.2. The molecule has 1 fully saturated rings. The van der Waals surface area contributed by atoms with Gasteiger partial charge in [-0.1, -0.05) is 42.5 Å². The molecule has 24 heavy (non-hydrogen) atoms. The molecule has 4 heteroatoms. The van der Waals surface area contributed by atoms with Crippen LogP contribution in [0.4, 0.5) is 0 Å². The average molecular weight is 327 g/mol. The average Bonchev–Trinajstić information content (AvgIpc) is 3.14. The molecule has 0 aromatic heterocycles. The second-order valence-corrected chi connectivity index (χ2v) is 5.99. The zero-order chi connectivity index (χ0) is 16.6. The Morgan fingerprint density at radius 3 is 2.75 bits per heavy atom. The molecule has 0 unspecified atom stereocenters. The Bertz CT molecular complexity index is 624. The van der Waals surface area contributed by atoms with E-state index in [1.165, 1.54) is 0 Å². The summed E-state index contributed by atoms with van der Waals surface area (Å²) in [7, 11) is 1.67. The minimum Gasteiger partial charge on any atom is -0.493 e. The van der Waals surface area contributed by atoms with Crippen molar-refractivity contribution in [2.24, 2.45) is 0 Å². The van der Waals surface area contributed by atoms with E-state index in [-0.39, 0.29) is 0 Å². The maximum Gasteiger partial charge on any atom is 0.166 e. The van der Waals surface area contributed by atoms with Crippen LogP contribution < -0.4 is 14.8 Å². The summed E-state index contributed by atoms with van der Waals surface area (Å²) in [4.78, 5) is 0. The van der Waals surface area contributed by atoms with Gasteiger partial charge in [-0.2, -0.15) is 0 Å². The third-order valence-electron chi connectivity index (χ3n) is 4.22. The largest absolute Gasteiger partial charge is 0.493 e. The van der Waals surface area contributed by atoms with E-state index in [9.17, 15) is 0 Å². The first-order chi connectivity index (χ1) is 11.9. The van der Waals surface area contributed by atoms with Crippen LogP contribution >= 0.6 is 0 Å². The molecule has 1 heterocycles. The van der Waals surface area contributed by atoms with Gasteiger partial charge in [-0.25, -0.2) is 0 Å². The number of hydrogen-bond donors (Lipinski definition) is 1. The van der Waals surface area contributed by atoms with E-state index in [0.717, 1.165) is 55.2 Å². The van der Waals surface area contributed by atoms with Gasteiger partial charge in [-0.05, 0) is 24.5 Å². The van der Waals surface area contributed by atoms with E-state index in [0.29, 0.717) is 12.7 Å². The predicted octanol–water partition coefficient (Wildman–Crippen LogP) is 3.54. The van der Waals surface area contributed by atoms with Crippen molar-refractivity contribution in [3.63, 3.8) is 0 Å². The smallest absolute Gasteiger partial charge is 0.166 e. The third kappa shape index (κ3) is 4.49. The standard InChI is InChI=1S/C20H25NO3/c1-22-19-11-5-9-17(13-21-14-18-10-6-12-23-18)20(19)24-15-16-7-3-2-4-8-16/h2-5,7-9,11,18,21H,6,10,12-15H2,1H3/t18-/m0/s1. The molecular weight excluding hydrogens is 302 g/mol. The molecule has 1 saturated heterocycles. The summed E-state index contributed by atoms with van der Waals surface area (Å²) >= 11 is 0. The van der Waals surface area contributed by atoms with Crippen LogP contribution in [0.25, 0.3) is 0 Å². The lowest BCUT2D eigenvalue weighted by molar-refractivity contribution is 0.110. The van der Waals surface area contributed by atoms with E-state index in [4.69, 9.17) is 14.2 Å². The molecule has 2 aromatic rings. The minimum atomic E-state index is 0.337. The first kappa shape index (κ1) is 16.8. The van der Waals surface area contributed by atoms with Crippen LogP contribution in [0, 0.1) is 0 Å². The molecule has 3 rings (SSSR count). The normalized spacial score (nSPS) is 17.0. The van der Waals surface area contributed by atoms with E-state index in [2.05, 4.69) is 23.5 Å². The van der Waals surface area contributed by atoms with Crippen molar-refractivity contribution >= 4 is 0 Å². The molecule has 128 valence electrons. The maximum absolute atomic E-state index is 6.07. The van der Waals surface area contributed by atoms with Crippen molar-refractivity contribution in [2.45, 2.75) is 32.1 Å². The Hall–Kier alpha value is -2.04. The van der Waals surface area contributed by atoms with E-state index >= 15 is 0 Å². The number of benzene rings is 2. The fourth-order valence-electron chi connectivity index (χ4n) is 2.93. The van der Waals surface area contributed by atoms with Crippen LogP contribution in [0.3, 0.4) is 0 Å². The van der Waals surface area contributed by atoms with Gasteiger partial charge in [0.2, 0.25) is 0 Å². The first-order valence-corrected chi connectivity index (χ1v) is 8.51. The quantitative estimate of drug-likeness (QED) is 0.805. The Morgan fingerprint density at radius 2 is 2.00 bits per heavy atom. The van der Waals surface area contributed by atoms with Crippen molar-refractivity contribution in [1.29, 1.82) is 0 Å². The van der Waals surface area contributed by atoms with Gasteiger partial charge in [0, 0.05) is 25.3 Å². The Morgan fingerprint density at radius 1 is 1.12 bits per heavy atom. The van der Waals surface area contributed by atoms with Gasteiger partial charge in [-0.3, -0.25) is 0 Å². The highest BCUT2D eigenvalue weighted by Crippen LogP contribution is 2.31. The molecule has 1 aliphatic heterocycles. The zero-order valence-electron chi connectivity index (χ0n) is 14.2. The second-order valence-electron chi connectivity index (χ2n) is 5.99. The van der Waals surface area contributed by atoms with Crippen LogP contribution in [-0.4, -0.2) is 26.4 Å². The monoisotopic (exact) mass is 327 g/mol. The van der Waals surface area contributed by atoms with Crippen molar-refractivity contribution in [2.75, 3.05) is 20.3 Å². The summed E-state index contributed by atoms with van der Waals surface area (Å²) in [6.07, 6.45) is 2.64. The highest BCUT2D eigenvalue weighted by atomic mass is 16.5. The molecule has 0 amide bonds. The van der Waals surface area contributed by atoms with E-state index in [1.54, 1.807) is 7.11 Å². The molecule has 0 bridgehead atoms. The maximum atomic E-state index is 6.07. The third-order valence-corrected chi connectivity index (χ3v) is 4.22. The molecule has 0 saturated carbocycles. The number of methoxy groups -OCH3 is 1. The summed E-state index contributed by atoms with van der Waals surface area (Å²) in [5, 5.41) is 3.47. The van der Waals surface area contributed by atoms with Crippen LogP contribution in [0.15, 0.2) is 48.5 Å². The van der Waals surface area contributed by atoms with Gasteiger partial charge in [0.1, 0.15) is 6.61 Å². The summed E-state index contributed by atoms with van der Waals surface area (Å²) < 4.78 is 17.2. The molecule has 1 aliphatic rings. The van der Waals surface area contributed by atoms with Crippen LogP contribution in [0.1, 0.15) is 24.0 Å². The van der Waals surface area contributed by atoms with Gasteiger partial charge in [-0.15, -0.1) is 0 Å². The molecule has 1 N–H and O–H groups in total. The SMILES string of the molecule is COc1cccc(CNC[C@@H]2CCCO2)c1OCc1ccccc1. The second kappa shape index (κ2) is 8.71. The Labute approximate surface area is 143 Å². The van der Waals surface area contributed by atoms with E-state index < -0.39 is 0 Å².